The molecule has 0 aliphatic heterocycles. The van der Waals surface area contributed by atoms with Gasteiger partial charge in [-0.2, -0.15) is 0 Å². The van der Waals surface area contributed by atoms with Gasteiger partial charge in [0, 0.05) is 6.42 Å². The molecule has 3 nitrogen and oxygen atoms in total. The van der Waals surface area contributed by atoms with Crippen LogP contribution in [0.2, 0.25) is 0 Å². The number of allylic oxidation sites excluding steroid dienone is 3. The van der Waals surface area contributed by atoms with Gasteiger partial charge in [-0.3, -0.25) is 4.79 Å². The highest BCUT2D eigenvalue weighted by molar-refractivity contribution is 5.66. The molecule has 3 heteroatoms. The lowest BCUT2D eigenvalue weighted by Gasteiger charge is -2.04. The zero-order chi connectivity index (χ0) is 22.7. The van der Waals surface area contributed by atoms with Crippen LogP contribution in [0, 0.1) is 0 Å². The molecule has 0 radical (unpaired) electrons. The molecule has 0 fully saturated rings. The Balaban J connectivity index is 0. The zero-order valence-electron chi connectivity index (χ0n) is 20.4. The first kappa shape index (κ1) is 31.1. The predicted octanol–water partition coefficient (Wildman–Crippen LogP) is 8.61. The van der Waals surface area contributed by atoms with E-state index in [1.54, 1.807) is 0 Å². The summed E-state index contributed by atoms with van der Waals surface area (Å²) < 4.78 is 0. The molecule has 0 aliphatic carbocycles. The summed E-state index contributed by atoms with van der Waals surface area (Å²) in [6, 6.07) is 0. The Labute approximate surface area is 188 Å². The summed E-state index contributed by atoms with van der Waals surface area (Å²) in [6.45, 7) is 6.38. The van der Waals surface area contributed by atoms with Crippen molar-refractivity contribution in [1.29, 1.82) is 0 Å². The smallest absolute Gasteiger partial charge is 0.303 e. The van der Waals surface area contributed by atoms with Gasteiger partial charge in [-0.25, -0.2) is 0 Å². The number of hydrogen-bond acceptors (Lipinski definition) is 2. The van der Waals surface area contributed by atoms with E-state index in [9.17, 15) is 9.90 Å². The van der Waals surface area contributed by atoms with E-state index in [0.29, 0.717) is 6.42 Å². The number of aliphatic hydroxyl groups is 1. The quantitative estimate of drug-likeness (QED) is 0.152. The fourth-order valence-electron chi connectivity index (χ4n) is 3.20. The second kappa shape index (κ2) is 27.9. The Kier molecular flexibility index (Phi) is 28.9. The average molecular weight is 425 g/mol. The van der Waals surface area contributed by atoms with Gasteiger partial charge in [0.15, 0.2) is 0 Å². The summed E-state index contributed by atoms with van der Waals surface area (Å²) >= 11 is 0. The number of aliphatic carboxylic acids is 1. The monoisotopic (exact) mass is 424 g/mol. The minimum Gasteiger partial charge on any atom is -0.481 e. The standard InChI is InChI=1S/C18H34O2.C9H18O/c1-2-3-4-5-6-7-8-9-10-11-12-13-14-15-16-17-18(19)20;1-3-5-7-9(10)8-6-4-2/h9-10H,2-8,11-17H2,1H3,(H,19,20);3,5,9-10H,4,6-8H2,1-2H3/b10-9-;. The Morgan fingerprint density at radius 2 is 1.23 bits per heavy atom. The lowest BCUT2D eigenvalue weighted by Crippen LogP contribution is -2.03. The maximum Gasteiger partial charge on any atom is 0.303 e. The second-order valence-corrected chi connectivity index (χ2v) is 8.33. The molecule has 0 aromatic rings. The fourth-order valence-corrected chi connectivity index (χ4v) is 3.20. The van der Waals surface area contributed by atoms with Crippen LogP contribution in [0.3, 0.4) is 0 Å². The van der Waals surface area contributed by atoms with Crippen molar-refractivity contribution in [2.24, 2.45) is 0 Å². The molecule has 1 unspecified atom stereocenters. The van der Waals surface area contributed by atoms with Crippen molar-refractivity contribution in [1.82, 2.24) is 0 Å². The van der Waals surface area contributed by atoms with Crippen LogP contribution >= 0.6 is 0 Å². The molecule has 1 atom stereocenters. The van der Waals surface area contributed by atoms with Gasteiger partial charge in [0.05, 0.1) is 6.10 Å². The molecule has 0 heterocycles. The Morgan fingerprint density at radius 1 is 0.733 bits per heavy atom. The molecule has 0 amide bonds. The second-order valence-electron chi connectivity index (χ2n) is 8.33. The minimum absolute atomic E-state index is 0.115. The van der Waals surface area contributed by atoms with Crippen LogP contribution in [-0.4, -0.2) is 22.3 Å². The van der Waals surface area contributed by atoms with Gasteiger partial charge in [0.25, 0.3) is 0 Å². The van der Waals surface area contributed by atoms with Crippen LogP contribution in [0.4, 0.5) is 0 Å². The first-order valence-electron chi connectivity index (χ1n) is 12.7. The highest BCUT2D eigenvalue weighted by Gasteiger charge is 1.98. The normalized spacial score (nSPS) is 12.3. The van der Waals surface area contributed by atoms with Crippen molar-refractivity contribution in [2.45, 2.75) is 142 Å². The van der Waals surface area contributed by atoms with Crippen LogP contribution in [0.15, 0.2) is 24.3 Å². The van der Waals surface area contributed by atoms with Gasteiger partial charge in [-0.1, -0.05) is 102 Å². The maximum atomic E-state index is 10.3. The van der Waals surface area contributed by atoms with E-state index in [1.165, 1.54) is 77.0 Å². The van der Waals surface area contributed by atoms with Crippen molar-refractivity contribution in [3.8, 4) is 0 Å². The average Bonchev–Trinajstić information content (AvgIpc) is 2.73. The number of rotatable bonds is 20. The summed E-state index contributed by atoms with van der Waals surface area (Å²) in [5, 5.41) is 17.8. The van der Waals surface area contributed by atoms with Crippen LogP contribution in [0.5, 0.6) is 0 Å². The van der Waals surface area contributed by atoms with Gasteiger partial charge in [-0.15, -0.1) is 0 Å². The number of carboxylic acid groups (broad SMARTS) is 1. The molecule has 0 saturated heterocycles. The van der Waals surface area contributed by atoms with Gasteiger partial charge >= 0.3 is 5.97 Å². The highest BCUT2D eigenvalue weighted by Crippen LogP contribution is 2.10. The van der Waals surface area contributed by atoms with E-state index < -0.39 is 5.97 Å². The third kappa shape index (κ3) is 31.6. The van der Waals surface area contributed by atoms with E-state index in [2.05, 4.69) is 26.0 Å². The van der Waals surface area contributed by atoms with Crippen molar-refractivity contribution < 1.29 is 15.0 Å². The lowest BCUT2D eigenvalue weighted by molar-refractivity contribution is -0.137. The molecule has 30 heavy (non-hydrogen) atoms. The number of unbranched alkanes of at least 4 members (excludes halogenated alkanes) is 12. The van der Waals surface area contributed by atoms with Gasteiger partial charge in [0.1, 0.15) is 0 Å². The van der Waals surface area contributed by atoms with Gasteiger partial charge in [0.2, 0.25) is 0 Å². The molecule has 0 aromatic carbocycles. The first-order valence-corrected chi connectivity index (χ1v) is 12.7. The number of carboxylic acids is 1. The van der Waals surface area contributed by atoms with Gasteiger partial charge < -0.3 is 10.2 Å². The predicted molar refractivity (Wildman–Crippen MR) is 132 cm³/mol. The molecule has 0 aliphatic rings. The summed E-state index contributed by atoms with van der Waals surface area (Å²) in [5.74, 6) is -0.664. The fraction of sp³-hybridized carbons (Fsp3) is 0.815. The molecule has 0 rings (SSSR count). The van der Waals surface area contributed by atoms with Crippen molar-refractivity contribution >= 4 is 5.97 Å². The number of hydrogen-bond donors (Lipinski definition) is 2. The maximum absolute atomic E-state index is 10.3. The molecule has 2 N–H and O–H groups in total. The highest BCUT2D eigenvalue weighted by atomic mass is 16.4. The van der Waals surface area contributed by atoms with E-state index in [-0.39, 0.29) is 6.10 Å². The van der Waals surface area contributed by atoms with Crippen molar-refractivity contribution in [2.75, 3.05) is 0 Å². The minimum atomic E-state index is -0.664. The van der Waals surface area contributed by atoms with E-state index in [4.69, 9.17) is 5.11 Å². The molecular weight excluding hydrogens is 372 g/mol. The molecule has 0 aromatic heterocycles. The Bertz CT molecular complexity index is 388. The summed E-state index contributed by atoms with van der Waals surface area (Å²) in [4.78, 5) is 10.3. The summed E-state index contributed by atoms with van der Waals surface area (Å²) in [6.07, 6.45) is 29.2. The van der Waals surface area contributed by atoms with Gasteiger partial charge in [-0.05, 0) is 51.9 Å². The molecule has 0 bridgehead atoms. The molecule has 178 valence electrons. The van der Waals surface area contributed by atoms with Crippen molar-refractivity contribution in [3.63, 3.8) is 0 Å². The third-order valence-electron chi connectivity index (χ3n) is 5.19. The number of aliphatic hydroxyl groups excluding tert-OH is 1. The molecular formula is C27H52O3. The van der Waals surface area contributed by atoms with Crippen LogP contribution in [0.25, 0.3) is 0 Å². The Hall–Kier alpha value is -1.09. The largest absolute Gasteiger partial charge is 0.481 e. The lowest BCUT2D eigenvalue weighted by atomic mass is 10.1. The van der Waals surface area contributed by atoms with E-state index in [1.807, 2.05) is 19.1 Å². The number of carbonyl (C=O) groups is 1. The topological polar surface area (TPSA) is 57.5 Å². The molecule has 0 spiro atoms. The molecule has 0 saturated carbocycles. The van der Waals surface area contributed by atoms with Crippen molar-refractivity contribution in [3.05, 3.63) is 24.3 Å². The summed E-state index contributed by atoms with van der Waals surface area (Å²) in [7, 11) is 0. The Morgan fingerprint density at radius 3 is 1.73 bits per heavy atom. The van der Waals surface area contributed by atoms with E-state index >= 15 is 0 Å². The SMILES string of the molecule is CC=CCC(O)CCCC.CCCCCCCC/C=C\CCCCCCCC(=O)O. The first-order chi connectivity index (χ1) is 14.6. The third-order valence-corrected chi connectivity index (χ3v) is 5.19. The van der Waals surface area contributed by atoms with E-state index in [0.717, 1.165) is 32.1 Å². The van der Waals surface area contributed by atoms with Crippen LogP contribution < -0.4 is 0 Å². The van der Waals surface area contributed by atoms with Crippen LogP contribution in [0.1, 0.15) is 136 Å². The zero-order valence-corrected chi connectivity index (χ0v) is 20.4. The van der Waals surface area contributed by atoms with Crippen LogP contribution in [-0.2, 0) is 4.79 Å². The summed E-state index contributed by atoms with van der Waals surface area (Å²) in [5.41, 5.74) is 0.